The maximum atomic E-state index is 11.4. The average molecular weight is 293 g/mol. The number of carbonyl (C=O) groups is 1. The number of benzene rings is 1. The van der Waals surface area contributed by atoms with Crippen LogP contribution in [0, 0.1) is 10.1 Å². The minimum absolute atomic E-state index is 0.0215. The van der Waals surface area contributed by atoms with Crippen LogP contribution in [0.5, 0.6) is 0 Å². The van der Waals surface area contributed by atoms with Gasteiger partial charge in [-0.15, -0.1) is 0 Å². The molecule has 0 aliphatic carbocycles. The van der Waals surface area contributed by atoms with E-state index in [-0.39, 0.29) is 17.6 Å². The number of ether oxygens (including phenoxy) is 1. The lowest BCUT2D eigenvalue weighted by molar-refractivity contribution is -0.384. The Morgan fingerprint density at radius 3 is 2.90 bits per heavy atom. The Kier molecular flexibility index (Phi) is 4.74. The SMILES string of the molecule is CCOCC(C)Nc1cc2c(cc1[N+](=O)[O-])CCC(=O)N2. The number of rotatable bonds is 6. The Morgan fingerprint density at radius 2 is 2.24 bits per heavy atom. The maximum absolute atomic E-state index is 11.4. The van der Waals surface area contributed by atoms with Crippen molar-refractivity contribution in [3.8, 4) is 0 Å². The molecular weight excluding hydrogens is 274 g/mol. The molecule has 1 aliphatic rings. The van der Waals surface area contributed by atoms with E-state index in [0.717, 1.165) is 5.56 Å². The molecule has 1 unspecified atom stereocenters. The van der Waals surface area contributed by atoms with Crippen LogP contribution in [0.3, 0.4) is 0 Å². The molecule has 1 amide bonds. The van der Waals surface area contributed by atoms with Gasteiger partial charge in [0.2, 0.25) is 5.91 Å². The van der Waals surface area contributed by atoms with Crippen molar-refractivity contribution in [3.63, 3.8) is 0 Å². The number of carbonyl (C=O) groups excluding carboxylic acids is 1. The summed E-state index contributed by atoms with van der Waals surface area (Å²) in [4.78, 5) is 22.2. The summed E-state index contributed by atoms with van der Waals surface area (Å²) in [5, 5.41) is 17.0. The molecule has 0 bridgehead atoms. The minimum Gasteiger partial charge on any atom is -0.380 e. The van der Waals surface area contributed by atoms with E-state index in [1.165, 1.54) is 6.07 Å². The second kappa shape index (κ2) is 6.53. The van der Waals surface area contributed by atoms with Crippen LogP contribution in [-0.4, -0.2) is 30.1 Å². The number of anilines is 2. The van der Waals surface area contributed by atoms with E-state index in [1.807, 2.05) is 13.8 Å². The van der Waals surface area contributed by atoms with E-state index in [0.29, 0.717) is 37.4 Å². The van der Waals surface area contributed by atoms with Gasteiger partial charge >= 0.3 is 0 Å². The lowest BCUT2D eigenvalue weighted by Gasteiger charge is -2.20. The molecule has 1 atom stereocenters. The molecule has 7 nitrogen and oxygen atoms in total. The Balaban J connectivity index is 2.27. The molecule has 0 saturated carbocycles. The van der Waals surface area contributed by atoms with Gasteiger partial charge in [0.1, 0.15) is 5.69 Å². The first-order valence-corrected chi connectivity index (χ1v) is 6.96. The van der Waals surface area contributed by atoms with Gasteiger partial charge in [0.05, 0.1) is 11.5 Å². The molecule has 0 fully saturated rings. The van der Waals surface area contributed by atoms with Crippen LogP contribution in [0.1, 0.15) is 25.8 Å². The Morgan fingerprint density at radius 1 is 1.48 bits per heavy atom. The largest absolute Gasteiger partial charge is 0.380 e. The van der Waals surface area contributed by atoms with Crippen LogP contribution in [0.4, 0.5) is 17.1 Å². The van der Waals surface area contributed by atoms with Crippen molar-refractivity contribution < 1.29 is 14.5 Å². The summed E-state index contributed by atoms with van der Waals surface area (Å²) < 4.78 is 5.30. The van der Waals surface area contributed by atoms with Gasteiger partial charge < -0.3 is 15.4 Å². The number of fused-ring (bicyclic) bond motifs is 1. The molecule has 1 aromatic rings. The van der Waals surface area contributed by atoms with Crippen molar-refractivity contribution in [2.75, 3.05) is 23.8 Å². The number of nitrogens with one attached hydrogen (secondary N) is 2. The minimum atomic E-state index is -0.410. The summed E-state index contributed by atoms with van der Waals surface area (Å²) >= 11 is 0. The first kappa shape index (κ1) is 15.2. The molecular formula is C14H19N3O4. The van der Waals surface area contributed by atoms with E-state index in [9.17, 15) is 14.9 Å². The van der Waals surface area contributed by atoms with Gasteiger partial charge in [-0.1, -0.05) is 0 Å². The second-order valence-corrected chi connectivity index (χ2v) is 5.04. The molecule has 0 radical (unpaired) electrons. The zero-order valence-electron chi connectivity index (χ0n) is 12.1. The van der Waals surface area contributed by atoms with Crippen LogP contribution in [0.25, 0.3) is 0 Å². The summed E-state index contributed by atoms with van der Waals surface area (Å²) in [5.41, 5.74) is 1.86. The predicted molar refractivity (Wildman–Crippen MR) is 79.6 cm³/mol. The van der Waals surface area contributed by atoms with Crippen LogP contribution < -0.4 is 10.6 Å². The first-order valence-electron chi connectivity index (χ1n) is 6.96. The predicted octanol–water partition coefficient (Wildman–Crippen LogP) is 2.32. The number of nitro benzene ring substituents is 1. The van der Waals surface area contributed by atoms with E-state index in [2.05, 4.69) is 10.6 Å². The number of hydrogen-bond donors (Lipinski definition) is 2. The zero-order chi connectivity index (χ0) is 15.4. The summed E-state index contributed by atoms with van der Waals surface area (Å²) in [5.74, 6) is -0.0651. The van der Waals surface area contributed by atoms with Crippen molar-refractivity contribution in [2.45, 2.75) is 32.7 Å². The molecule has 2 rings (SSSR count). The maximum Gasteiger partial charge on any atom is 0.292 e. The van der Waals surface area contributed by atoms with Crippen LogP contribution in [-0.2, 0) is 16.0 Å². The van der Waals surface area contributed by atoms with Crippen molar-refractivity contribution in [1.82, 2.24) is 0 Å². The normalized spacial score (nSPS) is 15.0. The molecule has 1 heterocycles. The fraction of sp³-hybridized carbons (Fsp3) is 0.500. The number of nitro groups is 1. The average Bonchev–Trinajstić information content (AvgIpc) is 2.44. The number of nitrogens with zero attached hydrogens (tertiary/aromatic N) is 1. The van der Waals surface area contributed by atoms with Gasteiger partial charge in [-0.3, -0.25) is 14.9 Å². The number of hydrogen-bond acceptors (Lipinski definition) is 5. The van der Waals surface area contributed by atoms with Crippen LogP contribution in [0.15, 0.2) is 12.1 Å². The highest BCUT2D eigenvalue weighted by molar-refractivity contribution is 5.95. The second-order valence-electron chi connectivity index (χ2n) is 5.04. The summed E-state index contributed by atoms with van der Waals surface area (Å²) in [6.07, 6.45) is 0.883. The smallest absolute Gasteiger partial charge is 0.292 e. The molecule has 1 aromatic carbocycles. The molecule has 0 saturated heterocycles. The third-order valence-corrected chi connectivity index (χ3v) is 3.29. The van der Waals surface area contributed by atoms with Gasteiger partial charge in [-0.2, -0.15) is 0 Å². The highest BCUT2D eigenvalue weighted by atomic mass is 16.6. The lowest BCUT2D eigenvalue weighted by atomic mass is 10.0. The van der Waals surface area contributed by atoms with Crippen molar-refractivity contribution >= 4 is 23.0 Å². The molecule has 21 heavy (non-hydrogen) atoms. The monoisotopic (exact) mass is 293 g/mol. The summed E-state index contributed by atoms with van der Waals surface area (Å²) in [7, 11) is 0. The first-order chi connectivity index (χ1) is 10.0. The van der Waals surface area contributed by atoms with Crippen molar-refractivity contribution in [2.24, 2.45) is 0 Å². The quantitative estimate of drug-likeness (QED) is 0.620. The molecule has 1 aliphatic heterocycles. The Labute approximate surface area is 122 Å². The van der Waals surface area contributed by atoms with E-state index < -0.39 is 4.92 Å². The van der Waals surface area contributed by atoms with E-state index >= 15 is 0 Å². The van der Waals surface area contributed by atoms with Crippen molar-refractivity contribution in [3.05, 3.63) is 27.8 Å². The molecule has 2 N–H and O–H groups in total. The number of aryl methyl sites for hydroxylation is 1. The molecule has 114 valence electrons. The lowest BCUT2D eigenvalue weighted by Crippen LogP contribution is -2.23. The number of amides is 1. The van der Waals surface area contributed by atoms with Gasteiger partial charge in [0.15, 0.2) is 0 Å². The fourth-order valence-electron chi connectivity index (χ4n) is 2.28. The highest BCUT2D eigenvalue weighted by Crippen LogP contribution is 2.34. The summed E-state index contributed by atoms with van der Waals surface area (Å²) in [6.45, 7) is 4.83. The Hall–Kier alpha value is -2.15. The molecule has 7 heteroatoms. The van der Waals surface area contributed by atoms with Gasteiger partial charge in [0.25, 0.3) is 5.69 Å². The summed E-state index contributed by atoms with van der Waals surface area (Å²) in [6, 6.07) is 3.10. The fourth-order valence-corrected chi connectivity index (χ4v) is 2.28. The third kappa shape index (κ3) is 3.69. The van der Waals surface area contributed by atoms with Crippen LogP contribution >= 0.6 is 0 Å². The highest BCUT2D eigenvalue weighted by Gasteiger charge is 2.23. The topological polar surface area (TPSA) is 93.5 Å². The zero-order valence-corrected chi connectivity index (χ0v) is 12.1. The molecule has 0 spiro atoms. The van der Waals surface area contributed by atoms with E-state index in [1.54, 1.807) is 6.07 Å². The van der Waals surface area contributed by atoms with Gasteiger partial charge in [0, 0.05) is 30.8 Å². The standard InChI is InChI=1S/C14H19N3O4/c1-3-21-8-9(2)15-12-7-11-10(4-5-14(18)16-11)6-13(12)17(19)20/h6-7,9,15H,3-5,8H2,1-2H3,(H,16,18). The van der Waals surface area contributed by atoms with Crippen LogP contribution in [0.2, 0.25) is 0 Å². The van der Waals surface area contributed by atoms with Crippen molar-refractivity contribution in [1.29, 1.82) is 0 Å². The Bertz CT molecular complexity index is 559. The third-order valence-electron chi connectivity index (χ3n) is 3.29. The molecule has 0 aromatic heterocycles. The van der Waals surface area contributed by atoms with E-state index in [4.69, 9.17) is 4.74 Å². The van der Waals surface area contributed by atoms with Gasteiger partial charge in [-0.25, -0.2) is 0 Å². The van der Waals surface area contributed by atoms with Gasteiger partial charge in [-0.05, 0) is 31.9 Å².